The first-order chi connectivity index (χ1) is 11.2. The van der Waals surface area contributed by atoms with Crippen molar-refractivity contribution in [1.82, 2.24) is 4.98 Å². The van der Waals surface area contributed by atoms with E-state index in [1.165, 1.54) is 9.60 Å². The molecule has 0 aliphatic rings. The van der Waals surface area contributed by atoms with Gasteiger partial charge in [0, 0.05) is 0 Å². The summed E-state index contributed by atoms with van der Waals surface area (Å²) < 4.78 is 12.1. The van der Waals surface area contributed by atoms with Crippen molar-refractivity contribution in [2.75, 3.05) is 21.3 Å². The van der Waals surface area contributed by atoms with Crippen LogP contribution in [0.4, 0.5) is 0 Å². The number of hydrogen-bond donors (Lipinski definition) is 1. The molecule has 0 saturated heterocycles. The van der Waals surface area contributed by atoms with Crippen molar-refractivity contribution in [2.24, 2.45) is 0 Å². The predicted octanol–water partition coefficient (Wildman–Crippen LogP) is 2.53. The molecule has 1 N–H and O–H groups in total. The molecule has 23 heavy (non-hydrogen) atoms. The summed E-state index contributed by atoms with van der Waals surface area (Å²) in [4.78, 5) is 6.07. The van der Waals surface area contributed by atoms with Crippen LogP contribution in [0.2, 0.25) is 0 Å². The van der Waals surface area contributed by atoms with Gasteiger partial charge in [-0.15, -0.1) is 11.3 Å². The predicted molar refractivity (Wildman–Crippen MR) is 93.5 cm³/mol. The van der Waals surface area contributed by atoms with Crippen LogP contribution in [0.15, 0.2) is 42.5 Å². The summed E-state index contributed by atoms with van der Waals surface area (Å²) in [5.41, 5.74) is 2.23. The van der Waals surface area contributed by atoms with Crippen LogP contribution < -0.4 is 14.4 Å². The quantitative estimate of drug-likeness (QED) is 0.755. The fraction of sp³-hybridized carbons (Fsp3) is 0.278. The topological polar surface area (TPSA) is 35.8 Å². The average molecular weight is 329 g/mol. The summed E-state index contributed by atoms with van der Waals surface area (Å²) in [5.74, 6) is 1.59. The molecular weight excluding hydrogens is 308 g/mol. The number of thiazole rings is 1. The van der Waals surface area contributed by atoms with E-state index in [1.807, 2.05) is 18.2 Å². The van der Waals surface area contributed by atoms with Crippen LogP contribution in [0.25, 0.3) is 10.2 Å². The highest BCUT2D eigenvalue weighted by Gasteiger charge is 2.15. The van der Waals surface area contributed by atoms with Crippen molar-refractivity contribution in [3.8, 4) is 11.5 Å². The molecule has 4 nitrogen and oxygen atoms in total. The lowest BCUT2D eigenvalue weighted by Gasteiger charge is -2.16. The van der Waals surface area contributed by atoms with Gasteiger partial charge < -0.3 is 14.4 Å². The van der Waals surface area contributed by atoms with E-state index < -0.39 is 0 Å². The Kier molecular flexibility index (Phi) is 4.79. The van der Waals surface area contributed by atoms with Gasteiger partial charge in [-0.2, -0.15) is 0 Å². The second-order valence-corrected chi connectivity index (χ2v) is 6.65. The van der Waals surface area contributed by atoms with Crippen molar-refractivity contribution >= 4 is 21.6 Å². The maximum Gasteiger partial charge on any atom is 0.169 e. The van der Waals surface area contributed by atoms with Crippen LogP contribution in [0.5, 0.6) is 11.5 Å². The number of nitrogens with zero attached hydrogens (tertiary/aromatic N) is 1. The standard InChI is InChI=1S/C18H20N2O2S/c1-20(11-13-7-6-9-15(21-2)18(13)22-3)12-17-19-14-8-4-5-10-16(14)23-17/h4-10H,11-12H2,1-3H3/p+1. The van der Waals surface area contributed by atoms with Crippen molar-refractivity contribution in [3.63, 3.8) is 0 Å². The molecule has 0 bridgehead atoms. The maximum atomic E-state index is 5.52. The number of hydrogen-bond acceptors (Lipinski definition) is 4. The average Bonchev–Trinajstić information content (AvgIpc) is 2.96. The maximum absolute atomic E-state index is 5.52. The molecule has 5 heteroatoms. The molecule has 0 aliphatic heterocycles. The Hall–Kier alpha value is -2.11. The van der Waals surface area contributed by atoms with E-state index in [1.54, 1.807) is 25.6 Å². The molecule has 0 spiro atoms. The van der Waals surface area contributed by atoms with E-state index >= 15 is 0 Å². The number of benzene rings is 2. The summed E-state index contributed by atoms with van der Waals surface area (Å²) in [6.07, 6.45) is 0. The number of quaternary nitrogens is 1. The SMILES string of the molecule is COc1cccc(C[NH+](C)Cc2nc3ccccc3s2)c1OC. The molecule has 0 amide bonds. The summed E-state index contributed by atoms with van der Waals surface area (Å²) in [6.45, 7) is 1.75. The fourth-order valence-corrected chi connectivity index (χ4v) is 3.82. The van der Waals surface area contributed by atoms with Gasteiger partial charge in [0.05, 0.1) is 37.0 Å². The zero-order valence-corrected chi connectivity index (χ0v) is 14.4. The number of ether oxygens (including phenoxy) is 2. The Morgan fingerprint density at radius 1 is 1.00 bits per heavy atom. The Labute approximate surface area is 140 Å². The lowest BCUT2D eigenvalue weighted by Crippen LogP contribution is -3.06. The third kappa shape index (κ3) is 3.46. The monoisotopic (exact) mass is 329 g/mol. The number of fused-ring (bicyclic) bond motifs is 1. The number of aromatic nitrogens is 1. The second kappa shape index (κ2) is 6.98. The smallest absolute Gasteiger partial charge is 0.169 e. The molecule has 3 aromatic rings. The minimum Gasteiger partial charge on any atom is -0.493 e. The third-order valence-corrected chi connectivity index (χ3v) is 4.80. The highest BCUT2D eigenvalue weighted by atomic mass is 32.1. The Morgan fingerprint density at radius 2 is 1.83 bits per heavy atom. The Bertz CT molecular complexity index is 768. The molecule has 1 heterocycles. The highest BCUT2D eigenvalue weighted by Crippen LogP contribution is 2.30. The Morgan fingerprint density at radius 3 is 2.57 bits per heavy atom. The van der Waals surface area contributed by atoms with E-state index in [0.717, 1.165) is 40.7 Å². The molecule has 1 aromatic heterocycles. The van der Waals surface area contributed by atoms with Gasteiger partial charge in [0.15, 0.2) is 11.5 Å². The van der Waals surface area contributed by atoms with Crippen molar-refractivity contribution in [3.05, 3.63) is 53.0 Å². The first-order valence-electron chi connectivity index (χ1n) is 7.57. The van der Waals surface area contributed by atoms with Gasteiger partial charge in [0.1, 0.15) is 18.1 Å². The second-order valence-electron chi connectivity index (χ2n) is 5.54. The molecule has 120 valence electrons. The molecule has 0 radical (unpaired) electrons. The van der Waals surface area contributed by atoms with Crippen LogP contribution >= 0.6 is 11.3 Å². The first-order valence-corrected chi connectivity index (χ1v) is 8.38. The van der Waals surface area contributed by atoms with Gasteiger partial charge >= 0.3 is 0 Å². The van der Waals surface area contributed by atoms with E-state index in [9.17, 15) is 0 Å². The van der Waals surface area contributed by atoms with Crippen molar-refractivity contribution in [2.45, 2.75) is 13.1 Å². The van der Waals surface area contributed by atoms with Gasteiger partial charge in [-0.05, 0) is 24.3 Å². The lowest BCUT2D eigenvalue weighted by molar-refractivity contribution is -0.907. The molecule has 0 fully saturated rings. The number of nitrogens with one attached hydrogen (secondary N) is 1. The van der Waals surface area contributed by atoms with Gasteiger partial charge in [-0.25, -0.2) is 4.98 Å². The molecule has 3 rings (SSSR count). The first kappa shape index (κ1) is 15.8. The minimum absolute atomic E-state index is 0.776. The fourth-order valence-electron chi connectivity index (χ4n) is 2.73. The van der Waals surface area contributed by atoms with Crippen LogP contribution in [0.1, 0.15) is 10.6 Å². The van der Waals surface area contributed by atoms with Gasteiger partial charge in [0.25, 0.3) is 0 Å². The van der Waals surface area contributed by atoms with Crippen LogP contribution in [0.3, 0.4) is 0 Å². The van der Waals surface area contributed by atoms with Crippen LogP contribution in [-0.4, -0.2) is 26.3 Å². The zero-order chi connectivity index (χ0) is 16.2. The molecule has 2 aromatic carbocycles. The number of para-hydroxylation sites is 2. The molecule has 1 unspecified atom stereocenters. The molecular formula is C18H21N2O2S+. The highest BCUT2D eigenvalue weighted by molar-refractivity contribution is 7.18. The van der Waals surface area contributed by atoms with E-state index in [0.29, 0.717) is 0 Å². The summed E-state index contributed by atoms with van der Waals surface area (Å²) >= 11 is 1.77. The van der Waals surface area contributed by atoms with E-state index in [4.69, 9.17) is 14.5 Å². The summed E-state index contributed by atoms with van der Waals surface area (Å²) in [5, 5.41) is 1.16. The molecule has 0 aliphatic carbocycles. The van der Waals surface area contributed by atoms with Crippen molar-refractivity contribution < 1.29 is 14.4 Å². The largest absolute Gasteiger partial charge is 0.493 e. The van der Waals surface area contributed by atoms with Crippen LogP contribution in [0, 0.1) is 0 Å². The normalized spacial score (nSPS) is 12.3. The van der Waals surface area contributed by atoms with Gasteiger partial charge in [0.2, 0.25) is 0 Å². The van der Waals surface area contributed by atoms with Crippen LogP contribution in [-0.2, 0) is 13.1 Å². The molecule has 1 atom stereocenters. The Balaban J connectivity index is 1.75. The zero-order valence-electron chi connectivity index (χ0n) is 13.6. The molecule has 0 saturated carbocycles. The van der Waals surface area contributed by atoms with Gasteiger partial charge in [-0.3, -0.25) is 0 Å². The lowest BCUT2D eigenvalue weighted by atomic mass is 10.1. The minimum atomic E-state index is 0.776. The van der Waals surface area contributed by atoms with Crippen molar-refractivity contribution in [1.29, 1.82) is 0 Å². The third-order valence-electron chi connectivity index (χ3n) is 3.77. The number of rotatable bonds is 6. The number of methoxy groups -OCH3 is 2. The van der Waals surface area contributed by atoms with E-state index in [2.05, 4.69) is 31.3 Å². The summed E-state index contributed by atoms with van der Waals surface area (Å²) in [6, 6.07) is 14.3. The van der Waals surface area contributed by atoms with Gasteiger partial charge in [-0.1, -0.05) is 18.2 Å². The van der Waals surface area contributed by atoms with E-state index in [-0.39, 0.29) is 0 Å². The summed E-state index contributed by atoms with van der Waals surface area (Å²) in [7, 11) is 5.52.